The first-order chi connectivity index (χ1) is 20.7. The number of carbonyl (C=O) groups excluding carboxylic acids is 4. The molecule has 1 aromatic heterocycles. The fourth-order valence-corrected chi connectivity index (χ4v) is 6.17. The molecule has 3 aromatic rings. The molecule has 3 heterocycles. The van der Waals surface area contributed by atoms with Crippen LogP contribution in [0.5, 0.6) is 0 Å². The molecule has 0 radical (unpaired) electrons. The van der Waals surface area contributed by atoms with Gasteiger partial charge in [-0.05, 0) is 69.5 Å². The number of primary amides is 1. The van der Waals surface area contributed by atoms with Crippen molar-refractivity contribution in [2.45, 2.75) is 58.4 Å². The smallest absolute Gasteiger partial charge is 0.328 e. The van der Waals surface area contributed by atoms with Gasteiger partial charge in [-0.3, -0.25) is 29.5 Å². The number of urea groups is 1. The summed E-state index contributed by atoms with van der Waals surface area (Å²) in [6.07, 6.45) is 7.40. The molecule has 10 nitrogen and oxygen atoms in total. The SMILES string of the molecule is CC(C)n1ccc2c(N3CCC(=O)NC3=O)cc(C(=O)N3CCN(CCCCCCc4ccccc4C(N)=O)CC3)cc21. The van der Waals surface area contributed by atoms with Crippen molar-refractivity contribution >= 4 is 40.3 Å². The van der Waals surface area contributed by atoms with Gasteiger partial charge in [-0.2, -0.15) is 0 Å². The van der Waals surface area contributed by atoms with Crippen molar-refractivity contribution in [1.29, 1.82) is 0 Å². The molecule has 2 aliphatic rings. The van der Waals surface area contributed by atoms with Gasteiger partial charge < -0.3 is 15.2 Å². The maximum atomic E-state index is 13.7. The Labute approximate surface area is 252 Å². The molecule has 2 aromatic carbocycles. The van der Waals surface area contributed by atoms with Gasteiger partial charge in [-0.15, -0.1) is 0 Å². The van der Waals surface area contributed by atoms with Crippen LogP contribution < -0.4 is 16.0 Å². The molecular weight excluding hydrogens is 544 g/mol. The molecule has 10 heteroatoms. The van der Waals surface area contributed by atoms with E-state index in [0.717, 1.165) is 68.2 Å². The molecule has 43 heavy (non-hydrogen) atoms. The van der Waals surface area contributed by atoms with Crippen molar-refractivity contribution in [3.05, 3.63) is 65.4 Å². The quantitative estimate of drug-likeness (QED) is 0.324. The predicted octanol–water partition coefficient (Wildman–Crippen LogP) is 4.33. The number of imide groups is 1. The minimum absolute atomic E-state index is 0.0379. The number of unbranched alkanes of at least 4 members (excludes halogenated alkanes) is 3. The fourth-order valence-electron chi connectivity index (χ4n) is 6.17. The van der Waals surface area contributed by atoms with E-state index in [1.54, 1.807) is 17.0 Å². The van der Waals surface area contributed by atoms with Gasteiger partial charge in [0.2, 0.25) is 11.8 Å². The Hall–Kier alpha value is -4.18. The average Bonchev–Trinajstić information content (AvgIpc) is 3.43. The number of nitrogens with one attached hydrogen (secondary N) is 1. The largest absolute Gasteiger partial charge is 0.366 e. The molecule has 2 fully saturated rings. The first-order valence-corrected chi connectivity index (χ1v) is 15.4. The summed E-state index contributed by atoms with van der Waals surface area (Å²) in [5, 5.41) is 3.29. The zero-order valence-corrected chi connectivity index (χ0v) is 25.2. The lowest BCUT2D eigenvalue weighted by atomic mass is 10.0. The van der Waals surface area contributed by atoms with Gasteiger partial charge >= 0.3 is 6.03 Å². The van der Waals surface area contributed by atoms with E-state index in [-0.39, 0.29) is 36.7 Å². The predicted molar refractivity (Wildman–Crippen MR) is 167 cm³/mol. The van der Waals surface area contributed by atoms with Crippen LogP contribution in [-0.4, -0.2) is 77.4 Å². The highest BCUT2D eigenvalue weighted by atomic mass is 16.2. The summed E-state index contributed by atoms with van der Waals surface area (Å²) < 4.78 is 2.11. The third-order valence-corrected chi connectivity index (χ3v) is 8.58. The molecule has 0 unspecified atom stereocenters. The van der Waals surface area contributed by atoms with Gasteiger partial charge in [0, 0.05) is 67.9 Å². The van der Waals surface area contributed by atoms with Crippen LogP contribution in [0.25, 0.3) is 10.9 Å². The third-order valence-electron chi connectivity index (χ3n) is 8.58. The van der Waals surface area contributed by atoms with E-state index >= 15 is 0 Å². The summed E-state index contributed by atoms with van der Waals surface area (Å²) in [7, 11) is 0. The summed E-state index contributed by atoms with van der Waals surface area (Å²) in [6.45, 7) is 8.41. The van der Waals surface area contributed by atoms with E-state index in [1.165, 1.54) is 0 Å². The van der Waals surface area contributed by atoms with E-state index < -0.39 is 6.03 Å². The Bertz CT molecular complexity index is 1500. The van der Waals surface area contributed by atoms with Crippen LogP contribution in [-0.2, 0) is 11.2 Å². The first-order valence-electron chi connectivity index (χ1n) is 15.4. The van der Waals surface area contributed by atoms with Crippen molar-refractivity contribution in [1.82, 2.24) is 19.7 Å². The molecule has 5 rings (SSSR count). The molecule has 0 spiro atoms. The van der Waals surface area contributed by atoms with Gasteiger partial charge in [-0.25, -0.2) is 4.79 Å². The number of amides is 5. The Morgan fingerprint density at radius 3 is 2.40 bits per heavy atom. The topological polar surface area (TPSA) is 121 Å². The summed E-state index contributed by atoms with van der Waals surface area (Å²) in [5.74, 6) is -0.691. The van der Waals surface area contributed by atoms with E-state index in [1.807, 2.05) is 41.4 Å². The summed E-state index contributed by atoms with van der Waals surface area (Å²) in [6, 6.07) is 13.0. The molecule has 2 saturated heterocycles. The van der Waals surface area contributed by atoms with Crippen LogP contribution in [0.1, 0.15) is 78.3 Å². The zero-order valence-electron chi connectivity index (χ0n) is 25.2. The summed E-state index contributed by atoms with van der Waals surface area (Å²) >= 11 is 0. The van der Waals surface area contributed by atoms with Gasteiger partial charge in [-0.1, -0.05) is 31.0 Å². The van der Waals surface area contributed by atoms with Crippen LogP contribution in [0.4, 0.5) is 10.5 Å². The lowest BCUT2D eigenvalue weighted by Crippen LogP contribution is -2.50. The number of carbonyl (C=O) groups is 4. The normalized spacial score (nSPS) is 16.3. The van der Waals surface area contributed by atoms with Gasteiger partial charge in [0.15, 0.2) is 0 Å². The van der Waals surface area contributed by atoms with Crippen molar-refractivity contribution in [2.75, 3.05) is 44.2 Å². The van der Waals surface area contributed by atoms with Gasteiger partial charge in [0.1, 0.15) is 0 Å². The molecule has 0 atom stereocenters. The molecule has 0 saturated carbocycles. The number of aryl methyl sites for hydroxylation is 1. The highest BCUT2D eigenvalue weighted by molar-refractivity contribution is 6.11. The molecule has 228 valence electrons. The number of benzene rings is 2. The summed E-state index contributed by atoms with van der Waals surface area (Å²) in [4.78, 5) is 55.7. The zero-order chi connectivity index (χ0) is 30.5. The molecule has 5 amide bonds. The highest BCUT2D eigenvalue weighted by Crippen LogP contribution is 2.33. The van der Waals surface area contributed by atoms with Crippen LogP contribution >= 0.6 is 0 Å². The second kappa shape index (κ2) is 13.4. The number of rotatable bonds is 11. The maximum absolute atomic E-state index is 13.7. The Kier molecular flexibility index (Phi) is 9.45. The second-order valence-corrected chi connectivity index (χ2v) is 11.8. The Balaban J connectivity index is 1.15. The molecular formula is C33H42N6O4. The van der Waals surface area contributed by atoms with Crippen LogP contribution in [0, 0.1) is 0 Å². The van der Waals surface area contributed by atoms with Crippen molar-refractivity contribution in [2.24, 2.45) is 5.73 Å². The minimum atomic E-state index is -0.455. The number of aromatic nitrogens is 1. The highest BCUT2D eigenvalue weighted by Gasteiger charge is 2.29. The molecule has 0 bridgehead atoms. The number of hydrogen-bond acceptors (Lipinski definition) is 5. The van der Waals surface area contributed by atoms with Gasteiger partial charge in [0.05, 0.1) is 11.2 Å². The Morgan fingerprint density at radius 1 is 0.930 bits per heavy atom. The van der Waals surface area contributed by atoms with Crippen molar-refractivity contribution < 1.29 is 19.2 Å². The van der Waals surface area contributed by atoms with E-state index in [0.29, 0.717) is 29.9 Å². The molecule has 3 N–H and O–H groups in total. The molecule has 2 aliphatic heterocycles. The van der Waals surface area contributed by atoms with Gasteiger partial charge in [0.25, 0.3) is 5.91 Å². The van der Waals surface area contributed by atoms with Crippen LogP contribution in [0.3, 0.4) is 0 Å². The average molecular weight is 587 g/mol. The molecule has 0 aliphatic carbocycles. The number of hydrogen-bond donors (Lipinski definition) is 2. The van der Waals surface area contributed by atoms with Crippen LogP contribution in [0.2, 0.25) is 0 Å². The Morgan fingerprint density at radius 2 is 1.67 bits per heavy atom. The van der Waals surface area contributed by atoms with Crippen LogP contribution in [0.15, 0.2) is 48.7 Å². The number of nitrogens with zero attached hydrogens (tertiary/aromatic N) is 4. The van der Waals surface area contributed by atoms with E-state index in [2.05, 4.69) is 28.6 Å². The minimum Gasteiger partial charge on any atom is -0.366 e. The maximum Gasteiger partial charge on any atom is 0.328 e. The summed E-state index contributed by atoms with van der Waals surface area (Å²) in [5.41, 5.74) is 9.25. The standard InChI is InChI=1S/C33H42N6O4/c1-23(2)38-15-12-27-28(38)21-25(22-29(27)39-16-13-30(40)35-33(39)43)32(42)37-19-17-36(18-20-37)14-8-4-3-5-9-24-10-6-7-11-26(24)31(34)41/h6-7,10-12,15,21-23H,3-5,8-9,13-14,16-20H2,1-2H3,(H2,34,41)(H,35,40,43). The number of fused-ring (bicyclic) bond motifs is 1. The lowest BCUT2D eigenvalue weighted by Gasteiger charge is -2.35. The van der Waals surface area contributed by atoms with Crippen molar-refractivity contribution in [3.8, 4) is 0 Å². The number of nitrogens with two attached hydrogens (primary N) is 1. The van der Waals surface area contributed by atoms with E-state index in [9.17, 15) is 19.2 Å². The van der Waals surface area contributed by atoms with Crippen molar-refractivity contribution in [3.63, 3.8) is 0 Å². The van der Waals surface area contributed by atoms with E-state index in [4.69, 9.17) is 5.73 Å². The number of anilines is 1. The second-order valence-electron chi connectivity index (χ2n) is 11.8. The monoisotopic (exact) mass is 586 g/mol. The fraction of sp³-hybridized carbons (Fsp3) is 0.455. The first kappa shape index (κ1) is 30.3. The third kappa shape index (κ3) is 6.91. The number of piperazine rings is 1. The lowest BCUT2D eigenvalue weighted by molar-refractivity contribution is -0.120.